The standard InChI is InChI=1S/C11H16N2OS/c12-5-4-11-13-9(7-15-11)10(14)6-8-2-1-3-8/h7-8H,1-6,12H2. The minimum absolute atomic E-state index is 0.208. The summed E-state index contributed by atoms with van der Waals surface area (Å²) in [6.45, 7) is 0.601. The van der Waals surface area contributed by atoms with E-state index in [9.17, 15) is 4.79 Å². The first-order chi connectivity index (χ1) is 7.29. The van der Waals surface area contributed by atoms with Crippen LogP contribution in [0.15, 0.2) is 5.38 Å². The van der Waals surface area contributed by atoms with Crippen LogP contribution < -0.4 is 5.73 Å². The van der Waals surface area contributed by atoms with E-state index >= 15 is 0 Å². The molecule has 1 aromatic rings. The number of hydrogen-bond acceptors (Lipinski definition) is 4. The van der Waals surface area contributed by atoms with Crippen molar-refractivity contribution >= 4 is 17.1 Å². The molecule has 2 rings (SSSR count). The van der Waals surface area contributed by atoms with Gasteiger partial charge in [0.05, 0.1) is 5.01 Å². The van der Waals surface area contributed by atoms with Gasteiger partial charge in [-0.15, -0.1) is 11.3 Å². The third kappa shape index (κ3) is 2.63. The van der Waals surface area contributed by atoms with Crippen molar-refractivity contribution in [3.05, 3.63) is 16.1 Å². The lowest BCUT2D eigenvalue weighted by atomic mass is 9.81. The second-order valence-electron chi connectivity index (χ2n) is 4.09. The average molecular weight is 224 g/mol. The fourth-order valence-electron chi connectivity index (χ4n) is 1.74. The van der Waals surface area contributed by atoms with E-state index in [4.69, 9.17) is 5.73 Å². The van der Waals surface area contributed by atoms with E-state index in [2.05, 4.69) is 4.98 Å². The van der Waals surface area contributed by atoms with Gasteiger partial charge < -0.3 is 5.73 Å². The van der Waals surface area contributed by atoms with E-state index in [1.165, 1.54) is 19.3 Å². The Bertz CT molecular complexity index is 344. The van der Waals surface area contributed by atoms with Crippen molar-refractivity contribution < 1.29 is 4.79 Å². The normalized spacial score (nSPS) is 16.3. The molecule has 1 aliphatic rings. The highest BCUT2D eigenvalue weighted by atomic mass is 32.1. The van der Waals surface area contributed by atoms with Crippen LogP contribution in [0.4, 0.5) is 0 Å². The molecule has 1 aromatic heterocycles. The fourth-order valence-corrected chi connectivity index (χ4v) is 2.56. The van der Waals surface area contributed by atoms with Crippen molar-refractivity contribution in [2.75, 3.05) is 6.54 Å². The number of nitrogens with two attached hydrogens (primary N) is 1. The fraction of sp³-hybridized carbons (Fsp3) is 0.636. The minimum Gasteiger partial charge on any atom is -0.330 e. The van der Waals surface area contributed by atoms with Gasteiger partial charge in [-0.05, 0) is 12.5 Å². The minimum atomic E-state index is 0.208. The molecule has 0 aliphatic heterocycles. The van der Waals surface area contributed by atoms with Crippen LogP contribution in [0.25, 0.3) is 0 Å². The van der Waals surface area contributed by atoms with Gasteiger partial charge in [0.15, 0.2) is 5.78 Å². The summed E-state index contributed by atoms with van der Waals surface area (Å²) < 4.78 is 0. The molecular formula is C11H16N2OS. The maximum Gasteiger partial charge on any atom is 0.182 e. The van der Waals surface area contributed by atoms with Gasteiger partial charge in [-0.1, -0.05) is 19.3 Å². The molecule has 0 radical (unpaired) electrons. The summed E-state index contributed by atoms with van der Waals surface area (Å²) in [6, 6.07) is 0. The van der Waals surface area contributed by atoms with Crippen molar-refractivity contribution in [1.82, 2.24) is 4.98 Å². The monoisotopic (exact) mass is 224 g/mol. The van der Waals surface area contributed by atoms with Gasteiger partial charge in [-0.3, -0.25) is 4.79 Å². The van der Waals surface area contributed by atoms with Gasteiger partial charge >= 0.3 is 0 Å². The molecule has 2 N–H and O–H groups in total. The predicted octanol–water partition coefficient (Wildman–Crippen LogP) is 2.02. The molecular weight excluding hydrogens is 208 g/mol. The summed E-state index contributed by atoms with van der Waals surface area (Å²) in [4.78, 5) is 16.1. The summed E-state index contributed by atoms with van der Waals surface area (Å²) in [5, 5.41) is 2.85. The van der Waals surface area contributed by atoms with E-state index < -0.39 is 0 Å². The number of ketones is 1. The summed E-state index contributed by atoms with van der Waals surface area (Å²) >= 11 is 1.54. The number of aromatic nitrogens is 1. The number of Topliss-reactive ketones (excluding diaryl/α,β-unsaturated/α-hetero) is 1. The van der Waals surface area contributed by atoms with Crippen LogP contribution in [-0.4, -0.2) is 17.3 Å². The summed E-state index contributed by atoms with van der Waals surface area (Å²) in [5.41, 5.74) is 6.09. The van der Waals surface area contributed by atoms with Crippen molar-refractivity contribution in [2.24, 2.45) is 11.7 Å². The molecule has 0 spiro atoms. The number of carbonyl (C=O) groups is 1. The first kappa shape index (κ1) is 10.8. The van der Waals surface area contributed by atoms with Crippen LogP contribution in [0, 0.1) is 5.92 Å². The predicted molar refractivity (Wildman–Crippen MR) is 61.2 cm³/mol. The average Bonchev–Trinajstić information content (AvgIpc) is 2.60. The van der Waals surface area contributed by atoms with Gasteiger partial charge in [0.1, 0.15) is 5.69 Å². The van der Waals surface area contributed by atoms with Gasteiger partial charge in [0.2, 0.25) is 0 Å². The molecule has 0 saturated heterocycles. The molecule has 1 heterocycles. The number of nitrogens with zero attached hydrogens (tertiary/aromatic N) is 1. The van der Waals surface area contributed by atoms with Crippen LogP contribution in [0.2, 0.25) is 0 Å². The largest absolute Gasteiger partial charge is 0.330 e. The Morgan fingerprint density at radius 3 is 3.00 bits per heavy atom. The first-order valence-corrected chi connectivity index (χ1v) is 6.35. The lowest BCUT2D eigenvalue weighted by Gasteiger charge is -2.23. The molecule has 15 heavy (non-hydrogen) atoms. The molecule has 82 valence electrons. The Morgan fingerprint density at radius 2 is 2.40 bits per heavy atom. The third-order valence-electron chi connectivity index (χ3n) is 2.89. The summed E-state index contributed by atoms with van der Waals surface area (Å²) in [6.07, 6.45) is 5.18. The number of hydrogen-bond donors (Lipinski definition) is 1. The summed E-state index contributed by atoms with van der Waals surface area (Å²) in [7, 11) is 0. The zero-order valence-corrected chi connectivity index (χ0v) is 9.55. The Kier molecular flexibility index (Phi) is 3.49. The molecule has 0 unspecified atom stereocenters. The smallest absolute Gasteiger partial charge is 0.182 e. The molecule has 1 saturated carbocycles. The molecule has 1 aliphatic carbocycles. The van der Waals surface area contributed by atoms with Crippen LogP contribution in [0.3, 0.4) is 0 Å². The molecule has 0 atom stereocenters. The first-order valence-electron chi connectivity index (χ1n) is 5.47. The number of thiazole rings is 1. The third-order valence-corrected chi connectivity index (χ3v) is 3.80. The Morgan fingerprint density at radius 1 is 1.60 bits per heavy atom. The number of rotatable bonds is 5. The van der Waals surface area contributed by atoms with E-state index in [1.54, 1.807) is 11.3 Å². The highest BCUT2D eigenvalue weighted by Crippen LogP contribution is 2.30. The molecule has 0 amide bonds. The van der Waals surface area contributed by atoms with Gasteiger partial charge in [0.25, 0.3) is 0 Å². The Balaban J connectivity index is 1.92. The van der Waals surface area contributed by atoms with E-state index in [0.717, 1.165) is 11.4 Å². The SMILES string of the molecule is NCCc1nc(C(=O)CC2CCC2)cs1. The van der Waals surface area contributed by atoms with Crippen molar-refractivity contribution in [1.29, 1.82) is 0 Å². The molecule has 3 nitrogen and oxygen atoms in total. The number of carbonyl (C=O) groups excluding carboxylic acids is 1. The quantitative estimate of drug-likeness (QED) is 0.778. The zero-order valence-electron chi connectivity index (χ0n) is 8.74. The van der Waals surface area contributed by atoms with Crippen molar-refractivity contribution in [2.45, 2.75) is 32.1 Å². The highest BCUT2D eigenvalue weighted by molar-refractivity contribution is 7.09. The van der Waals surface area contributed by atoms with Crippen molar-refractivity contribution in [3.8, 4) is 0 Å². The molecule has 1 fully saturated rings. The zero-order chi connectivity index (χ0) is 10.7. The highest BCUT2D eigenvalue weighted by Gasteiger charge is 2.22. The van der Waals surface area contributed by atoms with E-state index in [-0.39, 0.29) is 5.78 Å². The molecule has 0 aromatic carbocycles. The van der Waals surface area contributed by atoms with Crippen LogP contribution >= 0.6 is 11.3 Å². The maximum absolute atomic E-state index is 11.8. The van der Waals surface area contributed by atoms with E-state index in [1.807, 2.05) is 5.38 Å². The van der Waals surface area contributed by atoms with Gasteiger partial charge in [-0.2, -0.15) is 0 Å². The second-order valence-corrected chi connectivity index (χ2v) is 5.03. The Hall–Kier alpha value is -0.740. The van der Waals surface area contributed by atoms with Crippen molar-refractivity contribution in [3.63, 3.8) is 0 Å². The molecule has 4 heteroatoms. The second kappa shape index (κ2) is 4.86. The molecule has 0 bridgehead atoms. The lowest BCUT2D eigenvalue weighted by molar-refractivity contribution is 0.0932. The topological polar surface area (TPSA) is 56.0 Å². The van der Waals surface area contributed by atoms with Crippen LogP contribution in [-0.2, 0) is 6.42 Å². The van der Waals surface area contributed by atoms with Gasteiger partial charge in [-0.25, -0.2) is 4.98 Å². The Labute approximate surface area is 93.7 Å². The maximum atomic E-state index is 11.8. The van der Waals surface area contributed by atoms with Crippen LogP contribution in [0.1, 0.15) is 41.2 Å². The van der Waals surface area contributed by atoms with Crippen LogP contribution in [0.5, 0.6) is 0 Å². The lowest BCUT2D eigenvalue weighted by Crippen LogP contribution is -2.16. The van der Waals surface area contributed by atoms with E-state index in [0.29, 0.717) is 24.6 Å². The summed E-state index contributed by atoms with van der Waals surface area (Å²) in [5.74, 6) is 0.830. The van der Waals surface area contributed by atoms with Gasteiger partial charge in [0, 0.05) is 18.2 Å².